The summed E-state index contributed by atoms with van der Waals surface area (Å²) in [7, 11) is 0. The number of nitrogens with zero attached hydrogens (tertiary/aromatic N) is 2. The van der Waals surface area contributed by atoms with Crippen LogP contribution in [0.2, 0.25) is 0 Å². The van der Waals surface area contributed by atoms with E-state index < -0.39 is 4.92 Å². The topological polar surface area (TPSA) is 73.3 Å². The Labute approximate surface area is 121 Å². The van der Waals surface area contributed by atoms with Crippen LogP contribution >= 0.6 is 0 Å². The minimum Gasteiger partial charge on any atom is -0.462 e. The molecule has 2 aromatic rings. The van der Waals surface area contributed by atoms with Crippen LogP contribution in [0.25, 0.3) is 0 Å². The minimum atomic E-state index is -0.426. The van der Waals surface area contributed by atoms with Crippen LogP contribution in [-0.2, 0) is 11.3 Å². The Morgan fingerprint density at radius 2 is 1.81 bits per heavy atom. The van der Waals surface area contributed by atoms with Gasteiger partial charge in [0.15, 0.2) is 18.9 Å². The maximum absolute atomic E-state index is 11.5. The molecule has 0 fully saturated rings. The molecule has 0 saturated heterocycles. The third-order valence-electron chi connectivity index (χ3n) is 2.91. The second-order valence-corrected chi connectivity index (χ2v) is 4.40. The van der Waals surface area contributed by atoms with E-state index in [2.05, 4.69) is 0 Å². The maximum atomic E-state index is 11.5. The summed E-state index contributed by atoms with van der Waals surface area (Å²) in [6.45, 7) is 2.67. The lowest BCUT2D eigenvalue weighted by Gasteiger charge is -2.01. The maximum Gasteiger partial charge on any atom is 0.338 e. The highest BCUT2D eigenvalue weighted by atomic mass is 16.6. The Bertz CT molecular complexity index is 636. The predicted molar refractivity (Wildman–Crippen MR) is 74.8 cm³/mol. The minimum absolute atomic E-state index is 0.0707. The number of esters is 1. The molecule has 0 amide bonds. The summed E-state index contributed by atoms with van der Waals surface area (Å²) in [5.41, 5.74) is 1.51. The Morgan fingerprint density at radius 3 is 2.33 bits per heavy atom. The van der Waals surface area contributed by atoms with Gasteiger partial charge in [-0.25, -0.2) is 9.36 Å². The predicted octanol–water partition coefficient (Wildman–Crippen LogP) is 2.11. The molecule has 21 heavy (non-hydrogen) atoms. The highest BCUT2D eigenvalue weighted by Crippen LogP contribution is 2.11. The van der Waals surface area contributed by atoms with Gasteiger partial charge in [-0.3, -0.25) is 10.1 Å². The van der Waals surface area contributed by atoms with Gasteiger partial charge in [-0.2, -0.15) is 0 Å². The van der Waals surface area contributed by atoms with E-state index in [-0.39, 0.29) is 11.7 Å². The van der Waals surface area contributed by atoms with Crippen LogP contribution in [-0.4, -0.2) is 17.5 Å². The number of benzene rings is 1. The van der Waals surface area contributed by atoms with Crippen molar-refractivity contribution in [2.45, 2.75) is 13.5 Å². The average Bonchev–Trinajstić information content (AvgIpc) is 2.49. The number of carbonyl (C=O) groups is 1. The fourth-order valence-electron chi connectivity index (χ4n) is 1.85. The van der Waals surface area contributed by atoms with Crippen LogP contribution in [0, 0.1) is 10.1 Å². The molecule has 0 atom stereocenters. The SMILES string of the molecule is CCOC(=O)c1cc[n+](Cc2ccc([N+](=O)[O-])cc2)cc1. The molecule has 0 spiro atoms. The monoisotopic (exact) mass is 287 g/mol. The Hall–Kier alpha value is -2.76. The van der Waals surface area contributed by atoms with Gasteiger partial charge in [-0.15, -0.1) is 0 Å². The van der Waals surface area contributed by atoms with Crippen molar-refractivity contribution in [3.8, 4) is 0 Å². The molecule has 1 aromatic carbocycles. The second-order valence-electron chi connectivity index (χ2n) is 4.40. The Balaban J connectivity index is 2.06. The van der Waals surface area contributed by atoms with Crippen LogP contribution in [0.5, 0.6) is 0 Å². The summed E-state index contributed by atoms with van der Waals surface area (Å²) in [5, 5.41) is 10.6. The molecule has 1 aromatic heterocycles. The summed E-state index contributed by atoms with van der Waals surface area (Å²) in [4.78, 5) is 21.7. The fraction of sp³-hybridized carbons (Fsp3) is 0.200. The first kappa shape index (κ1) is 14.6. The summed E-state index contributed by atoms with van der Waals surface area (Å²) < 4.78 is 6.79. The van der Waals surface area contributed by atoms with Crippen molar-refractivity contribution in [2.75, 3.05) is 6.61 Å². The molecule has 0 radical (unpaired) electrons. The Morgan fingerprint density at radius 1 is 1.19 bits per heavy atom. The number of carbonyl (C=O) groups excluding carboxylic acids is 1. The van der Waals surface area contributed by atoms with E-state index in [1.807, 2.05) is 4.57 Å². The normalized spacial score (nSPS) is 10.1. The zero-order valence-electron chi connectivity index (χ0n) is 11.6. The highest BCUT2D eigenvalue weighted by Gasteiger charge is 2.10. The molecule has 0 saturated carbocycles. The molecule has 0 aliphatic heterocycles. The summed E-state index contributed by atoms with van der Waals surface area (Å²) in [5.74, 6) is -0.347. The van der Waals surface area contributed by atoms with Crippen molar-refractivity contribution in [3.05, 3.63) is 70.0 Å². The third kappa shape index (κ3) is 3.85. The molecule has 2 rings (SSSR count). The van der Waals surface area contributed by atoms with Gasteiger partial charge in [0, 0.05) is 29.8 Å². The molecule has 6 heteroatoms. The lowest BCUT2D eigenvalue weighted by atomic mass is 10.2. The molecule has 6 nitrogen and oxygen atoms in total. The largest absolute Gasteiger partial charge is 0.462 e. The Kier molecular flexibility index (Phi) is 4.61. The van der Waals surface area contributed by atoms with Gasteiger partial charge in [0.2, 0.25) is 0 Å². The van der Waals surface area contributed by atoms with Crippen molar-refractivity contribution in [1.82, 2.24) is 0 Å². The van der Waals surface area contributed by atoms with Crippen LogP contribution in [0.1, 0.15) is 22.8 Å². The van der Waals surface area contributed by atoms with Crippen LogP contribution < -0.4 is 4.57 Å². The number of hydrogen-bond donors (Lipinski definition) is 0. The van der Waals surface area contributed by atoms with Crippen molar-refractivity contribution in [1.29, 1.82) is 0 Å². The zero-order chi connectivity index (χ0) is 15.2. The first-order valence-electron chi connectivity index (χ1n) is 6.49. The second kappa shape index (κ2) is 6.60. The number of non-ortho nitro benzene ring substituents is 1. The molecule has 0 N–H and O–H groups in total. The van der Waals surface area contributed by atoms with Gasteiger partial charge in [0.05, 0.1) is 17.1 Å². The van der Waals surface area contributed by atoms with Crippen LogP contribution in [0.15, 0.2) is 48.8 Å². The lowest BCUT2D eigenvalue weighted by Crippen LogP contribution is -2.33. The van der Waals surface area contributed by atoms with E-state index in [1.165, 1.54) is 12.1 Å². The van der Waals surface area contributed by atoms with Gasteiger partial charge in [0.25, 0.3) is 5.69 Å². The average molecular weight is 287 g/mol. The van der Waals surface area contributed by atoms with Crippen LogP contribution in [0.3, 0.4) is 0 Å². The number of rotatable bonds is 5. The van der Waals surface area contributed by atoms with E-state index in [0.717, 1.165) is 5.56 Å². The zero-order valence-corrected chi connectivity index (χ0v) is 11.6. The first-order chi connectivity index (χ1) is 10.1. The van der Waals surface area contributed by atoms with Gasteiger partial charge in [-0.05, 0) is 19.1 Å². The van der Waals surface area contributed by atoms with E-state index in [0.29, 0.717) is 18.7 Å². The third-order valence-corrected chi connectivity index (χ3v) is 2.91. The smallest absolute Gasteiger partial charge is 0.338 e. The number of pyridine rings is 1. The van der Waals surface area contributed by atoms with E-state index in [1.54, 1.807) is 43.6 Å². The lowest BCUT2D eigenvalue weighted by molar-refractivity contribution is -0.688. The van der Waals surface area contributed by atoms with Crippen LogP contribution in [0.4, 0.5) is 5.69 Å². The van der Waals surface area contributed by atoms with Gasteiger partial charge < -0.3 is 4.74 Å². The molecular weight excluding hydrogens is 272 g/mol. The molecular formula is C15H15N2O4+. The molecule has 0 bridgehead atoms. The fourth-order valence-corrected chi connectivity index (χ4v) is 1.85. The van der Waals surface area contributed by atoms with Gasteiger partial charge in [-0.1, -0.05) is 0 Å². The first-order valence-corrected chi connectivity index (χ1v) is 6.49. The van der Waals surface area contributed by atoms with Crippen molar-refractivity contribution in [2.24, 2.45) is 0 Å². The quantitative estimate of drug-likeness (QED) is 0.365. The number of aromatic nitrogens is 1. The van der Waals surface area contributed by atoms with E-state index in [4.69, 9.17) is 4.74 Å². The molecule has 0 aliphatic carbocycles. The summed E-state index contributed by atoms with van der Waals surface area (Å²) in [6.07, 6.45) is 3.54. The van der Waals surface area contributed by atoms with Crippen molar-refractivity contribution in [3.63, 3.8) is 0 Å². The van der Waals surface area contributed by atoms with Gasteiger partial charge >= 0.3 is 5.97 Å². The summed E-state index contributed by atoms with van der Waals surface area (Å²) in [6, 6.07) is 9.74. The van der Waals surface area contributed by atoms with Crippen molar-refractivity contribution >= 4 is 11.7 Å². The molecule has 0 unspecified atom stereocenters. The van der Waals surface area contributed by atoms with Crippen molar-refractivity contribution < 1.29 is 19.0 Å². The highest BCUT2D eigenvalue weighted by molar-refractivity contribution is 5.88. The van der Waals surface area contributed by atoms with Gasteiger partial charge in [0.1, 0.15) is 0 Å². The number of hydrogen-bond acceptors (Lipinski definition) is 4. The number of nitro groups is 1. The number of nitro benzene ring substituents is 1. The molecule has 1 heterocycles. The summed E-state index contributed by atoms with van der Waals surface area (Å²) >= 11 is 0. The van der Waals surface area contributed by atoms with E-state index in [9.17, 15) is 14.9 Å². The van der Waals surface area contributed by atoms with E-state index >= 15 is 0 Å². The number of ether oxygens (including phenoxy) is 1. The standard InChI is InChI=1S/C15H15N2O4/c1-2-21-15(18)13-7-9-16(10-8-13)11-12-3-5-14(6-4-12)17(19)20/h3-10H,2,11H2,1H3/q+1. The molecule has 108 valence electrons. The molecule has 0 aliphatic rings.